The number of alkyl halides is 3. The van der Waals surface area contributed by atoms with E-state index < -0.39 is 23.2 Å². The minimum Gasteiger partial charge on any atom is -0.444 e. The number of nitrogen functional groups attached to an aromatic ring is 1. The van der Waals surface area contributed by atoms with Crippen molar-refractivity contribution in [3.8, 4) is 11.4 Å². The van der Waals surface area contributed by atoms with Gasteiger partial charge >= 0.3 is 12.3 Å². The van der Waals surface area contributed by atoms with E-state index in [9.17, 15) is 22.8 Å². The molecule has 1 spiro atoms. The molecule has 1 aromatic carbocycles. The number of likely N-dealkylation sites (tertiary alicyclic amines) is 1. The Morgan fingerprint density at radius 3 is 2.52 bits per heavy atom. The van der Waals surface area contributed by atoms with Crippen LogP contribution in [0, 0.1) is 5.41 Å². The molecule has 5 rings (SSSR count). The fraction of sp³-hybridized carbons (Fsp3) is 0.481. The Hall–Kier alpha value is -4.03. The van der Waals surface area contributed by atoms with Crippen molar-refractivity contribution in [2.45, 2.75) is 64.4 Å². The average molecular weight is 560 g/mol. The quantitative estimate of drug-likeness (QED) is 0.474. The minimum absolute atomic E-state index is 0.0482. The maximum atomic E-state index is 13.1. The summed E-state index contributed by atoms with van der Waals surface area (Å²) in [6.45, 7) is 6.77. The van der Waals surface area contributed by atoms with Gasteiger partial charge in [0.2, 0.25) is 0 Å². The van der Waals surface area contributed by atoms with E-state index in [0.717, 1.165) is 31.4 Å². The van der Waals surface area contributed by atoms with Crippen molar-refractivity contribution in [1.82, 2.24) is 24.5 Å². The van der Waals surface area contributed by atoms with Crippen LogP contribution in [0.15, 0.2) is 36.5 Å². The van der Waals surface area contributed by atoms with Gasteiger partial charge in [0, 0.05) is 19.3 Å². The number of aromatic nitrogens is 4. The van der Waals surface area contributed by atoms with E-state index in [1.807, 2.05) is 20.8 Å². The van der Waals surface area contributed by atoms with Crippen LogP contribution in [0.2, 0.25) is 0 Å². The van der Waals surface area contributed by atoms with Gasteiger partial charge in [0.25, 0.3) is 5.91 Å². The second-order valence-electron chi connectivity index (χ2n) is 11.7. The number of benzene rings is 1. The SMILES string of the molecule is CC(C)(C)OC(=O)N1CCC2(CC(n3nc(-c4ccn(Cc5cccc(C(F)(F)F)c5)n4)c(C(N)=O)c3N)C2)C1. The molecule has 3 heterocycles. The Kier molecular flexibility index (Phi) is 6.58. The summed E-state index contributed by atoms with van der Waals surface area (Å²) in [7, 11) is 0. The molecule has 3 aromatic rings. The van der Waals surface area contributed by atoms with Crippen molar-refractivity contribution >= 4 is 17.8 Å². The van der Waals surface area contributed by atoms with Gasteiger partial charge in [-0.2, -0.15) is 23.4 Å². The largest absolute Gasteiger partial charge is 0.444 e. The number of carbonyl (C=O) groups excluding carboxylic acids is 2. The van der Waals surface area contributed by atoms with Gasteiger partial charge in [0.1, 0.15) is 28.4 Å². The van der Waals surface area contributed by atoms with Gasteiger partial charge in [-0.15, -0.1) is 0 Å². The summed E-state index contributed by atoms with van der Waals surface area (Å²) in [6, 6.07) is 6.54. The summed E-state index contributed by atoms with van der Waals surface area (Å²) in [6.07, 6.45) is -0.902. The van der Waals surface area contributed by atoms with Crippen LogP contribution < -0.4 is 11.5 Å². The Morgan fingerprint density at radius 1 is 1.15 bits per heavy atom. The third-order valence-electron chi connectivity index (χ3n) is 7.45. The Morgan fingerprint density at radius 2 is 1.88 bits per heavy atom. The maximum Gasteiger partial charge on any atom is 0.416 e. The summed E-state index contributed by atoms with van der Waals surface area (Å²) in [4.78, 5) is 26.6. The molecule has 2 aliphatic rings. The van der Waals surface area contributed by atoms with Crippen molar-refractivity contribution in [1.29, 1.82) is 0 Å². The van der Waals surface area contributed by atoms with E-state index in [1.54, 1.807) is 27.9 Å². The molecule has 214 valence electrons. The first-order valence-electron chi connectivity index (χ1n) is 13.0. The third kappa shape index (κ3) is 5.36. The fourth-order valence-electron chi connectivity index (χ4n) is 5.62. The Bertz CT molecular complexity index is 1450. The van der Waals surface area contributed by atoms with Crippen molar-refractivity contribution in [2.75, 3.05) is 18.8 Å². The number of hydrogen-bond donors (Lipinski definition) is 2. The lowest BCUT2D eigenvalue weighted by atomic mass is 9.65. The van der Waals surface area contributed by atoms with Gasteiger partial charge in [-0.1, -0.05) is 12.1 Å². The first-order valence-corrected chi connectivity index (χ1v) is 13.0. The van der Waals surface area contributed by atoms with Crippen LogP contribution in [0.1, 0.15) is 67.6 Å². The number of ether oxygens (including phenoxy) is 1. The average Bonchev–Trinajstić information content (AvgIpc) is 3.54. The molecule has 1 saturated carbocycles. The number of primary amides is 1. The molecular weight excluding hydrogens is 527 g/mol. The van der Waals surface area contributed by atoms with Gasteiger partial charge in [0.15, 0.2) is 0 Å². The van der Waals surface area contributed by atoms with Crippen molar-refractivity contribution in [3.63, 3.8) is 0 Å². The molecule has 2 aromatic heterocycles. The zero-order valence-electron chi connectivity index (χ0n) is 22.5. The van der Waals surface area contributed by atoms with E-state index in [1.165, 1.54) is 10.7 Å². The van der Waals surface area contributed by atoms with E-state index in [-0.39, 0.29) is 41.2 Å². The van der Waals surface area contributed by atoms with Crippen molar-refractivity contribution in [3.05, 3.63) is 53.2 Å². The number of halogens is 3. The van der Waals surface area contributed by atoms with Crippen LogP contribution in [0.3, 0.4) is 0 Å². The van der Waals surface area contributed by atoms with Gasteiger partial charge < -0.3 is 21.1 Å². The van der Waals surface area contributed by atoms with Gasteiger partial charge in [-0.05, 0) is 69.2 Å². The van der Waals surface area contributed by atoms with Gasteiger partial charge in [-0.3, -0.25) is 9.48 Å². The summed E-state index contributed by atoms with van der Waals surface area (Å²) < 4.78 is 47.8. The molecule has 1 aliphatic carbocycles. The molecule has 13 heteroatoms. The molecular formula is C27H32F3N7O3. The number of carbonyl (C=O) groups is 2. The van der Waals surface area contributed by atoms with E-state index in [4.69, 9.17) is 16.2 Å². The molecule has 4 N–H and O–H groups in total. The lowest BCUT2D eigenvalue weighted by Gasteiger charge is -2.45. The lowest BCUT2D eigenvalue weighted by molar-refractivity contribution is -0.137. The molecule has 0 radical (unpaired) electrons. The summed E-state index contributed by atoms with van der Waals surface area (Å²) in [5, 5.41) is 9.04. The lowest BCUT2D eigenvalue weighted by Crippen LogP contribution is -2.43. The summed E-state index contributed by atoms with van der Waals surface area (Å²) in [5.74, 6) is -0.617. The zero-order valence-corrected chi connectivity index (χ0v) is 22.5. The first-order chi connectivity index (χ1) is 18.6. The van der Waals surface area contributed by atoms with E-state index >= 15 is 0 Å². The summed E-state index contributed by atoms with van der Waals surface area (Å²) in [5.41, 5.74) is 11.6. The standard InChI is InChI=1S/C27H32F3N7O3/c1-25(2,3)40-24(39)35-10-8-26(15-35)12-18(13-26)37-22(31)20(23(32)38)21(34-37)19-7-9-36(33-19)14-16-5-4-6-17(11-16)27(28,29)30/h4-7,9,11,18H,8,10,12-15,31H2,1-3H3,(H2,32,38). The molecule has 1 saturated heterocycles. The monoisotopic (exact) mass is 559 g/mol. The highest BCUT2D eigenvalue weighted by Crippen LogP contribution is 2.55. The van der Waals surface area contributed by atoms with Crippen LogP contribution in [-0.2, 0) is 17.5 Å². The second-order valence-corrected chi connectivity index (χ2v) is 11.7. The number of nitrogens with zero attached hydrogens (tertiary/aromatic N) is 5. The van der Waals surface area contributed by atoms with Crippen LogP contribution in [0.4, 0.5) is 23.8 Å². The number of anilines is 1. The predicted octanol–water partition coefficient (Wildman–Crippen LogP) is 4.46. The van der Waals surface area contributed by atoms with Crippen LogP contribution in [0.25, 0.3) is 11.4 Å². The van der Waals surface area contributed by atoms with Gasteiger partial charge in [-0.25, -0.2) is 9.48 Å². The molecule has 0 bridgehead atoms. The minimum atomic E-state index is -4.45. The van der Waals surface area contributed by atoms with E-state index in [0.29, 0.717) is 24.3 Å². The number of rotatable bonds is 5. The van der Waals surface area contributed by atoms with Crippen LogP contribution >= 0.6 is 0 Å². The number of nitrogens with two attached hydrogens (primary N) is 2. The number of hydrogen-bond acceptors (Lipinski definition) is 6. The first kappa shape index (κ1) is 27.5. The van der Waals surface area contributed by atoms with Gasteiger partial charge in [0.05, 0.1) is 18.2 Å². The van der Waals surface area contributed by atoms with E-state index in [2.05, 4.69) is 10.2 Å². The predicted molar refractivity (Wildman–Crippen MR) is 140 cm³/mol. The normalized spacial score (nSPS) is 21.1. The molecule has 0 unspecified atom stereocenters. The zero-order chi connectivity index (χ0) is 29.0. The topological polar surface area (TPSA) is 134 Å². The maximum absolute atomic E-state index is 13.1. The van der Waals surface area contributed by atoms with Crippen molar-refractivity contribution in [2.24, 2.45) is 11.1 Å². The molecule has 10 nitrogen and oxygen atoms in total. The molecule has 0 atom stereocenters. The Labute approximate surface area is 229 Å². The highest BCUT2D eigenvalue weighted by atomic mass is 19.4. The fourth-order valence-corrected chi connectivity index (χ4v) is 5.62. The highest BCUT2D eigenvalue weighted by molar-refractivity contribution is 6.03. The van der Waals surface area contributed by atoms with Crippen LogP contribution in [-0.4, -0.2) is 55.2 Å². The third-order valence-corrected chi connectivity index (χ3v) is 7.45. The Balaban J connectivity index is 1.32. The molecule has 40 heavy (non-hydrogen) atoms. The summed E-state index contributed by atoms with van der Waals surface area (Å²) >= 11 is 0. The van der Waals surface area contributed by atoms with Crippen molar-refractivity contribution < 1.29 is 27.5 Å². The highest BCUT2D eigenvalue weighted by Gasteiger charge is 2.51. The van der Waals surface area contributed by atoms with Crippen LogP contribution in [0.5, 0.6) is 0 Å². The smallest absolute Gasteiger partial charge is 0.416 e. The molecule has 2 amide bonds. The molecule has 2 fully saturated rings. The second kappa shape index (κ2) is 9.56. The number of amides is 2. The molecule has 1 aliphatic heterocycles.